The highest BCUT2D eigenvalue weighted by molar-refractivity contribution is 5.76. The van der Waals surface area contributed by atoms with Crippen LogP contribution in [0, 0.1) is 11.3 Å². The average Bonchev–Trinajstić information content (AvgIpc) is 3.00. The maximum atomic E-state index is 14.0. The summed E-state index contributed by atoms with van der Waals surface area (Å²) in [5.41, 5.74) is -1.52. The lowest BCUT2D eigenvalue weighted by molar-refractivity contribution is -0.0134. The number of urea groups is 1. The fourth-order valence-electron chi connectivity index (χ4n) is 3.79. The Morgan fingerprint density at radius 3 is 2.56 bits per heavy atom. The van der Waals surface area contributed by atoms with E-state index in [9.17, 15) is 9.18 Å². The van der Waals surface area contributed by atoms with Gasteiger partial charge in [-0.1, -0.05) is 11.6 Å². The normalized spacial score (nSPS) is 23.7. The lowest BCUT2D eigenvalue weighted by Gasteiger charge is -2.46. The summed E-state index contributed by atoms with van der Waals surface area (Å²) in [5, 5.41) is 12.7. The molecular weight excluding hydrogens is 325 g/mol. The van der Waals surface area contributed by atoms with Gasteiger partial charge in [0.2, 0.25) is 5.89 Å². The van der Waals surface area contributed by atoms with Crippen molar-refractivity contribution in [1.82, 2.24) is 19.9 Å². The van der Waals surface area contributed by atoms with Crippen LogP contribution in [-0.4, -0.2) is 57.8 Å². The van der Waals surface area contributed by atoms with E-state index in [4.69, 9.17) is 9.78 Å². The van der Waals surface area contributed by atoms with Gasteiger partial charge in [-0.15, -0.1) is 0 Å². The smallest absolute Gasteiger partial charge is 0.320 e. The number of alkyl halides is 1. The number of nitrogens with zero attached hydrogens (tertiary/aromatic N) is 5. The van der Waals surface area contributed by atoms with E-state index >= 15 is 0 Å². The molecule has 7 nitrogen and oxygen atoms in total. The van der Waals surface area contributed by atoms with Crippen LogP contribution in [0.1, 0.15) is 62.1 Å². The van der Waals surface area contributed by atoms with Crippen molar-refractivity contribution in [1.29, 1.82) is 5.26 Å². The van der Waals surface area contributed by atoms with Gasteiger partial charge < -0.3 is 14.3 Å². The second kappa shape index (κ2) is 6.28. The lowest BCUT2D eigenvalue weighted by atomic mass is 9.85. The maximum Gasteiger partial charge on any atom is 0.320 e. The van der Waals surface area contributed by atoms with Gasteiger partial charge in [-0.05, 0) is 25.7 Å². The minimum Gasteiger partial charge on any atom is -0.339 e. The van der Waals surface area contributed by atoms with Crippen LogP contribution in [0.4, 0.5) is 9.18 Å². The molecular formula is C17H22FN5O2. The molecule has 0 atom stereocenters. The second-order valence-electron chi connectivity index (χ2n) is 7.50. The summed E-state index contributed by atoms with van der Waals surface area (Å²) < 4.78 is 19.4. The topological polar surface area (TPSA) is 86.3 Å². The predicted octanol–water partition coefficient (Wildman–Crippen LogP) is 2.57. The Kier molecular flexibility index (Phi) is 4.10. The highest BCUT2D eigenvalue weighted by Crippen LogP contribution is 2.36. The van der Waals surface area contributed by atoms with Crippen LogP contribution in [0.5, 0.6) is 0 Å². The van der Waals surface area contributed by atoms with Crippen LogP contribution in [0.15, 0.2) is 4.52 Å². The van der Waals surface area contributed by atoms with Crippen LogP contribution in [-0.2, 0) is 0 Å². The molecule has 1 saturated carbocycles. The van der Waals surface area contributed by atoms with E-state index in [0.717, 1.165) is 31.5 Å². The number of piperidine rings is 1. The molecule has 0 spiro atoms. The molecule has 1 aromatic rings. The number of hydrogen-bond donors (Lipinski definition) is 0. The van der Waals surface area contributed by atoms with Crippen LogP contribution >= 0.6 is 0 Å². The molecule has 0 radical (unpaired) electrons. The van der Waals surface area contributed by atoms with E-state index in [0.29, 0.717) is 24.9 Å². The molecule has 4 rings (SSSR count). The van der Waals surface area contributed by atoms with Crippen molar-refractivity contribution in [3.8, 4) is 6.07 Å². The minimum absolute atomic E-state index is 0.0216. The van der Waals surface area contributed by atoms with E-state index in [2.05, 4.69) is 10.1 Å². The van der Waals surface area contributed by atoms with Crippen LogP contribution < -0.4 is 0 Å². The van der Waals surface area contributed by atoms with Crippen molar-refractivity contribution in [2.45, 2.75) is 56.0 Å². The number of hydrogen-bond acceptors (Lipinski definition) is 5. The highest BCUT2D eigenvalue weighted by atomic mass is 19.1. The zero-order valence-corrected chi connectivity index (χ0v) is 14.2. The summed E-state index contributed by atoms with van der Waals surface area (Å²) >= 11 is 0. The minimum atomic E-state index is -1.52. The second-order valence-corrected chi connectivity index (χ2v) is 7.50. The Bertz CT molecular complexity index is 681. The van der Waals surface area contributed by atoms with E-state index in [1.807, 2.05) is 6.07 Å². The molecule has 0 bridgehead atoms. The number of likely N-dealkylation sites (tertiary alicyclic amines) is 2. The molecule has 2 amide bonds. The first-order valence-electron chi connectivity index (χ1n) is 9.01. The van der Waals surface area contributed by atoms with Gasteiger partial charge in [0.1, 0.15) is 0 Å². The molecule has 0 unspecified atom stereocenters. The summed E-state index contributed by atoms with van der Waals surface area (Å²) in [6.07, 6.45) is 4.93. The van der Waals surface area contributed by atoms with E-state index in [1.54, 1.807) is 4.90 Å². The molecule has 2 saturated heterocycles. The molecule has 0 N–H and O–H groups in total. The van der Waals surface area contributed by atoms with Crippen molar-refractivity contribution >= 4 is 6.03 Å². The Hall–Kier alpha value is -2.17. The number of nitriles is 1. The SMILES string of the molecule is N#CCC1(F)CN(C(=O)N2CCC(c3nc(C4CCC4)no3)CC2)C1. The fraction of sp³-hybridized carbons (Fsp3) is 0.765. The van der Waals surface area contributed by atoms with Crippen LogP contribution in [0.25, 0.3) is 0 Å². The number of rotatable bonds is 3. The van der Waals surface area contributed by atoms with Gasteiger partial charge in [0, 0.05) is 24.9 Å². The van der Waals surface area contributed by atoms with Crippen molar-refractivity contribution in [3.63, 3.8) is 0 Å². The first kappa shape index (κ1) is 16.3. The van der Waals surface area contributed by atoms with Crippen molar-refractivity contribution in [3.05, 3.63) is 11.7 Å². The predicted molar refractivity (Wildman–Crippen MR) is 85.5 cm³/mol. The standard InChI is InChI=1S/C17H22FN5O2/c18-17(6-7-19)10-23(11-17)16(24)22-8-4-13(5-9-22)15-20-14(21-25-15)12-2-1-3-12/h12-13H,1-6,8-11H2. The summed E-state index contributed by atoms with van der Waals surface area (Å²) in [5.74, 6) is 2.17. The van der Waals surface area contributed by atoms with Gasteiger partial charge in [-0.25, -0.2) is 9.18 Å². The molecule has 1 aliphatic carbocycles. The zero-order valence-electron chi connectivity index (χ0n) is 14.2. The van der Waals surface area contributed by atoms with E-state index in [1.165, 1.54) is 11.3 Å². The van der Waals surface area contributed by atoms with Gasteiger partial charge in [0.25, 0.3) is 0 Å². The summed E-state index contributed by atoms with van der Waals surface area (Å²) in [6, 6.07) is 1.71. The van der Waals surface area contributed by atoms with Gasteiger partial charge in [0.15, 0.2) is 11.5 Å². The number of aromatic nitrogens is 2. The third kappa shape index (κ3) is 3.08. The van der Waals surface area contributed by atoms with Crippen molar-refractivity contribution in [2.75, 3.05) is 26.2 Å². The van der Waals surface area contributed by atoms with Gasteiger partial charge in [-0.3, -0.25) is 0 Å². The van der Waals surface area contributed by atoms with E-state index in [-0.39, 0.29) is 31.5 Å². The molecule has 3 heterocycles. The lowest BCUT2D eigenvalue weighted by Crippen LogP contribution is -2.63. The van der Waals surface area contributed by atoms with Crippen molar-refractivity contribution < 1.29 is 13.7 Å². The third-order valence-corrected chi connectivity index (χ3v) is 5.66. The van der Waals surface area contributed by atoms with Gasteiger partial charge >= 0.3 is 6.03 Å². The molecule has 134 valence electrons. The summed E-state index contributed by atoms with van der Waals surface area (Å²) in [6.45, 7) is 1.26. The quantitative estimate of drug-likeness (QED) is 0.839. The molecule has 1 aromatic heterocycles. The third-order valence-electron chi connectivity index (χ3n) is 5.66. The zero-order chi connectivity index (χ0) is 17.4. The van der Waals surface area contributed by atoms with Crippen molar-refractivity contribution in [2.24, 2.45) is 0 Å². The maximum absolute atomic E-state index is 14.0. The highest BCUT2D eigenvalue weighted by Gasteiger charge is 2.47. The molecule has 0 aromatic carbocycles. The Morgan fingerprint density at radius 1 is 1.24 bits per heavy atom. The van der Waals surface area contributed by atoms with E-state index < -0.39 is 5.67 Å². The summed E-state index contributed by atoms with van der Waals surface area (Å²) in [4.78, 5) is 20.2. The summed E-state index contributed by atoms with van der Waals surface area (Å²) in [7, 11) is 0. The largest absolute Gasteiger partial charge is 0.339 e. The Morgan fingerprint density at radius 2 is 1.96 bits per heavy atom. The molecule has 25 heavy (non-hydrogen) atoms. The number of amides is 2. The molecule has 3 fully saturated rings. The first-order valence-corrected chi connectivity index (χ1v) is 9.01. The molecule has 8 heteroatoms. The van der Waals surface area contributed by atoms with Gasteiger partial charge in [-0.2, -0.15) is 10.2 Å². The Labute approximate surface area is 145 Å². The average molecular weight is 347 g/mol. The molecule has 3 aliphatic rings. The number of carbonyl (C=O) groups is 1. The Balaban J connectivity index is 1.28. The fourth-order valence-corrected chi connectivity index (χ4v) is 3.79. The van der Waals surface area contributed by atoms with Crippen LogP contribution in [0.3, 0.4) is 0 Å². The number of carbonyl (C=O) groups excluding carboxylic acids is 1. The van der Waals surface area contributed by atoms with Gasteiger partial charge in [0.05, 0.1) is 25.6 Å². The van der Waals surface area contributed by atoms with Crippen LogP contribution in [0.2, 0.25) is 0 Å². The first-order chi connectivity index (χ1) is 12.1. The molecule has 2 aliphatic heterocycles. The monoisotopic (exact) mass is 347 g/mol. The number of halogens is 1.